The summed E-state index contributed by atoms with van der Waals surface area (Å²) in [5.74, 6) is 0.272. The van der Waals surface area contributed by atoms with Gasteiger partial charge in [0, 0.05) is 23.4 Å². The van der Waals surface area contributed by atoms with Gasteiger partial charge in [-0.2, -0.15) is 5.26 Å². The van der Waals surface area contributed by atoms with E-state index in [9.17, 15) is 9.59 Å². The Balaban J connectivity index is 1.56. The zero-order valence-corrected chi connectivity index (χ0v) is 16.5. The minimum absolute atomic E-state index is 0.210. The number of ether oxygens (including phenoxy) is 1. The predicted octanol–water partition coefficient (Wildman–Crippen LogP) is 3.79. The van der Waals surface area contributed by atoms with Gasteiger partial charge in [0.1, 0.15) is 5.75 Å². The highest BCUT2D eigenvalue weighted by Crippen LogP contribution is 2.17. The van der Waals surface area contributed by atoms with E-state index >= 15 is 0 Å². The molecule has 0 aromatic heterocycles. The predicted molar refractivity (Wildman–Crippen MR) is 115 cm³/mol. The minimum atomic E-state index is -0.312. The number of anilines is 1. The summed E-state index contributed by atoms with van der Waals surface area (Å²) in [5.41, 5.74) is 2.92. The van der Waals surface area contributed by atoms with E-state index < -0.39 is 0 Å². The smallest absolute Gasteiger partial charge is 0.255 e. The number of amides is 2. The van der Waals surface area contributed by atoms with Crippen LogP contribution in [0, 0.1) is 11.3 Å². The van der Waals surface area contributed by atoms with Crippen LogP contribution in [0.2, 0.25) is 0 Å². The lowest BCUT2D eigenvalue weighted by Gasteiger charge is -2.10. The molecule has 0 saturated carbocycles. The lowest BCUT2D eigenvalue weighted by molar-refractivity contribution is 0.0952. The van der Waals surface area contributed by atoms with E-state index in [0.717, 1.165) is 11.3 Å². The molecule has 0 bridgehead atoms. The molecular formula is C24H21N3O3. The summed E-state index contributed by atoms with van der Waals surface area (Å²) in [6.45, 7) is 0.469. The molecule has 6 nitrogen and oxygen atoms in total. The second-order valence-electron chi connectivity index (χ2n) is 6.54. The zero-order chi connectivity index (χ0) is 21.3. The summed E-state index contributed by atoms with van der Waals surface area (Å²) in [6, 6.07) is 22.8. The highest BCUT2D eigenvalue weighted by molar-refractivity contribution is 6.05. The Labute approximate surface area is 175 Å². The van der Waals surface area contributed by atoms with Crippen molar-refractivity contribution in [3.63, 3.8) is 0 Å². The maximum atomic E-state index is 12.4. The van der Waals surface area contributed by atoms with Gasteiger partial charge in [0.2, 0.25) is 0 Å². The first-order valence-corrected chi connectivity index (χ1v) is 9.42. The van der Waals surface area contributed by atoms with Crippen molar-refractivity contribution in [2.75, 3.05) is 19.0 Å². The Morgan fingerprint density at radius 3 is 2.33 bits per heavy atom. The van der Waals surface area contributed by atoms with Crippen LogP contribution in [0.3, 0.4) is 0 Å². The van der Waals surface area contributed by atoms with Crippen molar-refractivity contribution >= 4 is 17.5 Å². The molecule has 0 fully saturated rings. The summed E-state index contributed by atoms with van der Waals surface area (Å²) in [6.07, 6.45) is 0.651. The number of para-hydroxylation sites is 1. The third-order valence-electron chi connectivity index (χ3n) is 4.53. The number of nitrogens with zero attached hydrogens (tertiary/aromatic N) is 1. The molecule has 2 amide bonds. The number of carbonyl (C=O) groups is 2. The Morgan fingerprint density at radius 2 is 1.63 bits per heavy atom. The van der Waals surface area contributed by atoms with Gasteiger partial charge in [-0.3, -0.25) is 9.59 Å². The fraction of sp³-hybridized carbons (Fsp3) is 0.125. The highest BCUT2D eigenvalue weighted by Gasteiger charge is 2.10. The molecule has 0 unspecified atom stereocenters. The molecule has 0 saturated heterocycles. The molecule has 0 aliphatic heterocycles. The first-order valence-electron chi connectivity index (χ1n) is 9.42. The van der Waals surface area contributed by atoms with Gasteiger partial charge in [0.25, 0.3) is 11.8 Å². The molecule has 0 aliphatic rings. The van der Waals surface area contributed by atoms with Gasteiger partial charge in [-0.25, -0.2) is 0 Å². The molecule has 2 N–H and O–H groups in total. The van der Waals surface area contributed by atoms with Crippen LogP contribution in [-0.2, 0) is 6.42 Å². The molecule has 3 aromatic rings. The quantitative estimate of drug-likeness (QED) is 0.632. The minimum Gasteiger partial charge on any atom is -0.496 e. The number of benzene rings is 3. The van der Waals surface area contributed by atoms with Crippen LogP contribution in [0.4, 0.5) is 5.69 Å². The largest absolute Gasteiger partial charge is 0.496 e. The van der Waals surface area contributed by atoms with E-state index in [-0.39, 0.29) is 11.8 Å². The van der Waals surface area contributed by atoms with E-state index in [2.05, 4.69) is 10.6 Å². The Kier molecular flexibility index (Phi) is 6.80. The molecular weight excluding hydrogens is 378 g/mol. The van der Waals surface area contributed by atoms with E-state index in [0.29, 0.717) is 35.3 Å². The monoisotopic (exact) mass is 399 g/mol. The van der Waals surface area contributed by atoms with Crippen molar-refractivity contribution in [2.24, 2.45) is 0 Å². The molecule has 150 valence electrons. The van der Waals surface area contributed by atoms with Gasteiger partial charge in [0.15, 0.2) is 0 Å². The first-order chi connectivity index (χ1) is 14.6. The fourth-order valence-corrected chi connectivity index (χ4v) is 2.97. The van der Waals surface area contributed by atoms with Crippen LogP contribution in [0.25, 0.3) is 0 Å². The zero-order valence-electron chi connectivity index (χ0n) is 16.5. The van der Waals surface area contributed by atoms with Crippen LogP contribution in [0.15, 0.2) is 72.8 Å². The first kappa shape index (κ1) is 20.6. The number of hydrogen-bond acceptors (Lipinski definition) is 4. The van der Waals surface area contributed by atoms with Crippen LogP contribution >= 0.6 is 0 Å². The molecule has 0 atom stereocenters. The SMILES string of the molecule is COc1ccccc1CCNC(=O)c1ccc(C(=O)Nc2cccc(C#N)c2)cc1. The Hall–Kier alpha value is -4.11. The molecule has 0 spiro atoms. The van der Waals surface area contributed by atoms with E-state index in [1.54, 1.807) is 55.6 Å². The van der Waals surface area contributed by atoms with Crippen LogP contribution in [0.5, 0.6) is 5.75 Å². The molecule has 3 rings (SSSR count). The normalized spacial score (nSPS) is 10.0. The molecule has 3 aromatic carbocycles. The molecule has 0 radical (unpaired) electrons. The lowest BCUT2D eigenvalue weighted by Crippen LogP contribution is -2.25. The van der Waals surface area contributed by atoms with Crippen molar-refractivity contribution in [3.05, 3.63) is 95.1 Å². The van der Waals surface area contributed by atoms with Gasteiger partial charge in [-0.15, -0.1) is 0 Å². The number of methoxy groups -OCH3 is 1. The van der Waals surface area contributed by atoms with Crippen LogP contribution in [0.1, 0.15) is 31.8 Å². The molecule has 0 heterocycles. The third kappa shape index (κ3) is 5.24. The Bertz CT molecular complexity index is 1090. The molecule has 30 heavy (non-hydrogen) atoms. The van der Waals surface area contributed by atoms with Crippen molar-refractivity contribution in [1.29, 1.82) is 5.26 Å². The van der Waals surface area contributed by atoms with Crippen molar-refractivity contribution in [3.8, 4) is 11.8 Å². The van der Waals surface area contributed by atoms with Crippen LogP contribution in [-0.4, -0.2) is 25.5 Å². The van der Waals surface area contributed by atoms with E-state index in [4.69, 9.17) is 10.00 Å². The number of hydrogen-bond donors (Lipinski definition) is 2. The highest BCUT2D eigenvalue weighted by atomic mass is 16.5. The summed E-state index contributed by atoms with van der Waals surface area (Å²) in [7, 11) is 1.62. The van der Waals surface area contributed by atoms with Crippen molar-refractivity contribution in [2.45, 2.75) is 6.42 Å². The van der Waals surface area contributed by atoms with E-state index in [1.165, 1.54) is 0 Å². The topological polar surface area (TPSA) is 91.2 Å². The second kappa shape index (κ2) is 9.89. The average molecular weight is 399 g/mol. The van der Waals surface area contributed by atoms with Gasteiger partial charge in [0.05, 0.1) is 18.7 Å². The summed E-state index contributed by atoms with van der Waals surface area (Å²) in [4.78, 5) is 24.7. The van der Waals surface area contributed by atoms with Gasteiger partial charge >= 0.3 is 0 Å². The number of nitrogens with one attached hydrogen (secondary N) is 2. The number of rotatable bonds is 7. The maximum absolute atomic E-state index is 12.4. The van der Waals surface area contributed by atoms with Crippen molar-refractivity contribution < 1.29 is 14.3 Å². The molecule has 0 aliphatic carbocycles. The van der Waals surface area contributed by atoms with E-state index in [1.807, 2.05) is 30.3 Å². The third-order valence-corrected chi connectivity index (χ3v) is 4.53. The standard InChI is InChI=1S/C24H21N3O3/c1-30-22-8-3-2-6-18(22)13-14-26-23(28)19-9-11-20(12-10-19)24(29)27-21-7-4-5-17(15-21)16-25/h2-12,15H,13-14H2,1H3,(H,26,28)(H,27,29). The summed E-state index contributed by atoms with van der Waals surface area (Å²) >= 11 is 0. The fourth-order valence-electron chi connectivity index (χ4n) is 2.97. The van der Waals surface area contributed by atoms with Gasteiger partial charge in [-0.05, 0) is 60.5 Å². The lowest BCUT2D eigenvalue weighted by atomic mass is 10.1. The summed E-state index contributed by atoms with van der Waals surface area (Å²) in [5, 5.41) is 14.6. The van der Waals surface area contributed by atoms with Gasteiger partial charge < -0.3 is 15.4 Å². The summed E-state index contributed by atoms with van der Waals surface area (Å²) < 4.78 is 5.31. The average Bonchev–Trinajstić information content (AvgIpc) is 2.79. The van der Waals surface area contributed by atoms with Gasteiger partial charge in [-0.1, -0.05) is 24.3 Å². The number of nitriles is 1. The second-order valence-corrected chi connectivity index (χ2v) is 6.54. The maximum Gasteiger partial charge on any atom is 0.255 e. The number of carbonyl (C=O) groups excluding carboxylic acids is 2. The van der Waals surface area contributed by atoms with Crippen molar-refractivity contribution in [1.82, 2.24) is 5.32 Å². The Morgan fingerprint density at radius 1 is 0.933 bits per heavy atom. The van der Waals surface area contributed by atoms with Crippen LogP contribution < -0.4 is 15.4 Å². The molecule has 6 heteroatoms.